The highest BCUT2D eigenvalue weighted by Gasteiger charge is 2.29. The Morgan fingerprint density at radius 3 is 2.96 bits per heavy atom. The molecule has 9 nitrogen and oxygen atoms in total. The van der Waals surface area contributed by atoms with Crippen LogP contribution in [0, 0.1) is 0 Å². The number of guanidine groups is 1. The second-order valence-corrected chi connectivity index (χ2v) is 5.79. The van der Waals surface area contributed by atoms with E-state index in [1.807, 2.05) is 6.07 Å². The minimum absolute atomic E-state index is 0.00805. The maximum atomic E-state index is 11.7. The van der Waals surface area contributed by atoms with Gasteiger partial charge in [-0.2, -0.15) is 5.10 Å². The van der Waals surface area contributed by atoms with Gasteiger partial charge in [0.1, 0.15) is 11.3 Å². The highest BCUT2D eigenvalue weighted by atomic mass is 16.5. The summed E-state index contributed by atoms with van der Waals surface area (Å²) in [5.74, 6) is -0.878. The molecule has 10 heteroatoms. The highest BCUT2D eigenvalue weighted by molar-refractivity contribution is 6.44. The van der Waals surface area contributed by atoms with Crippen molar-refractivity contribution in [3.8, 4) is 5.75 Å². The van der Waals surface area contributed by atoms with Crippen molar-refractivity contribution in [1.82, 2.24) is 9.78 Å². The zero-order valence-electron chi connectivity index (χ0n) is 13.4. The van der Waals surface area contributed by atoms with Gasteiger partial charge in [-0.15, -0.1) is 0 Å². The van der Waals surface area contributed by atoms with Crippen LogP contribution in [-0.4, -0.2) is 39.0 Å². The fourth-order valence-electron chi connectivity index (χ4n) is 2.77. The van der Waals surface area contributed by atoms with Crippen LogP contribution < -0.4 is 16.1 Å². The van der Waals surface area contributed by atoms with Crippen molar-refractivity contribution < 1.29 is 19.6 Å². The van der Waals surface area contributed by atoms with E-state index in [0.717, 1.165) is 11.1 Å². The van der Waals surface area contributed by atoms with Gasteiger partial charge in [-0.25, -0.2) is 9.79 Å². The van der Waals surface area contributed by atoms with Gasteiger partial charge in [0.25, 0.3) is 0 Å². The van der Waals surface area contributed by atoms with Crippen molar-refractivity contribution in [3.05, 3.63) is 46.8 Å². The second-order valence-electron chi connectivity index (χ2n) is 5.79. The van der Waals surface area contributed by atoms with Gasteiger partial charge in [-0.05, 0) is 23.9 Å². The van der Waals surface area contributed by atoms with Crippen molar-refractivity contribution >= 4 is 19.0 Å². The molecule has 3 rings (SSSR count). The number of carboxylic acids is 1. The van der Waals surface area contributed by atoms with Crippen molar-refractivity contribution in [2.45, 2.75) is 25.8 Å². The predicted octanol–water partition coefficient (Wildman–Crippen LogP) is -0.182. The maximum Gasteiger partial charge on any atom is 0.522 e. The summed E-state index contributed by atoms with van der Waals surface area (Å²) in [6.45, 7) is 0.545. The third kappa shape index (κ3) is 3.74. The number of aromatic nitrogens is 2. The number of nitrogens with zero attached hydrogens (tertiary/aromatic N) is 3. The lowest BCUT2D eigenvalue weighted by molar-refractivity contribution is 0.0693. The Balaban J connectivity index is 1.89. The first-order valence-corrected chi connectivity index (χ1v) is 7.73. The number of aryl methyl sites for hydroxylation is 1. The molecule has 1 aromatic carbocycles. The number of aliphatic imine (C=N–C) groups is 1. The van der Waals surface area contributed by atoms with E-state index in [9.17, 15) is 14.9 Å². The summed E-state index contributed by atoms with van der Waals surface area (Å²) in [5.41, 5.74) is 12.8. The molecule has 1 aliphatic rings. The lowest BCUT2D eigenvalue weighted by atomic mass is 9.78. The fraction of sp³-hybridized carbons (Fsp3) is 0.267. The van der Waals surface area contributed by atoms with Crippen LogP contribution in [0.15, 0.2) is 29.5 Å². The molecule has 0 fully saturated rings. The van der Waals surface area contributed by atoms with Gasteiger partial charge in [0.05, 0.1) is 19.3 Å². The van der Waals surface area contributed by atoms with E-state index < -0.39 is 13.1 Å². The number of carbonyl (C=O) groups is 1. The molecule has 2 aromatic rings. The molecule has 0 spiro atoms. The van der Waals surface area contributed by atoms with E-state index in [1.54, 1.807) is 23.1 Å². The monoisotopic (exact) mass is 343 g/mol. The standard InChI is InChI=1S/C15H18BN5O4/c17-15(18)19-5-9-6-20-21(7-9)8-11-2-1-10-3-4-16(24)25-13(10)12(11)14(22)23/h1-2,6-7,24H,3-5,8H2,(H,22,23)(H4,17,18,19). The van der Waals surface area contributed by atoms with Gasteiger partial charge in [0, 0.05) is 11.8 Å². The molecule has 0 amide bonds. The van der Waals surface area contributed by atoms with Gasteiger partial charge in [0.2, 0.25) is 0 Å². The molecule has 25 heavy (non-hydrogen) atoms. The van der Waals surface area contributed by atoms with Gasteiger partial charge in [-0.3, -0.25) is 4.68 Å². The van der Waals surface area contributed by atoms with Crippen LogP contribution in [0.2, 0.25) is 6.32 Å². The zero-order valence-corrected chi connectivity index (χ0v) is 13.4. The van der Waals surface area contributed by atoms with Crippen molar-refractivity contribution in [3.63, 3.8) is 0 Å². The summed E-state index contributed by atoms with van der Waals surface area (Å²) < 4.78 is 6.97. The van der Waals surface area contributed by atoms with Crippen molar-refractivity contribution in [1.29, 1.82) is 0 Å². The first kappa shape index (κ1) is 16.8. The molecule has 1 aromatic heterocycles. The SMILES string of the molecule is NC(N)=NCc1cnn(Cc2ccc3c(c2C(=O)O)OB(O)CC3)c1. The molecule has 0 unspecified atom stereocenters. The molecule has 2 heterocycles. The minimum atomic E-state index is -1.10. The molecule has 130 valence electrons. The number of hydrogen-bond donors (Lipinski definition) is 4. The van der Waals surface area contributed by atoms with Crippen LogP contribution in [0.1, 0.15) is 27.0 Å². The Morgan fingerprint density at radius 1 is 1.44 bits per heavy atom. The van der Waals surface area contributed by atoms with Crippen LogP contribution in [0.3, 0.4) is 0 Å². The van der Waals surface area contributed by atoms with Crippen molar-refractivity contribution in [2.75, 3.05) is 0 Å². The third-order valence-corrected chi connectivity index (χ3v) is 3.92. The van der Waals surface area contributed by atoms with Crippen molar-refractivity contribution in [2.24, 2.45) is 16.5 Å². The van der Waals surface area contributed by atoms with E-state index in [0.29, 0.717) is 24.8 Å². The van der Waals surface area contributed by atoms with Crippen LogP contribution in [-0.2, 0) is 19.5 Å². The quantitative estimate of drug-likeness (QED) is 0.334. The van der Waals surface area contributed by atoms with E-state index in [1.165, 1.54) is 0 Å². The third-order valence-electron chi connectivity index (χ3n) is 3.92. The zero-order chi connectivity index (χ0) is 18.0. The molecule has 0 atom stereocenters. The van der Waals surface area contributed by atoms with Gasteiger partial charge >= 0.3 is 13.1 Å². The Kier molecular flexibility index (Phi) is 4.62. The van der Waals surface area contributed by atoms with Gasteiger partial charge < -0.3 is 26.3 Å². The van der Waals surface area contributed by atoms with E-state index in [-0.39, 0.29) is 23.8 Å². The second kappa shape index (κ2) is 6.85. The molecular formula is C15H18BN5O4. The number of fused-ring (bicyclic) bond motifs is 1. The number of aromatic carboxylic acids is 1. The van der Waals surface area contributed by atoms with Crippen LogP contribution in [0.25, 0.3) is 0 Å². The number of benzene rings is 1. The smallest absolute Gasteiger partial charge is 0.522 e. The first-order valence-electron chi connectivity index (χ1n) is 7.73. The number of carboxylic acid groups (broad SMARTS) is 1. The summed E-state index contributed by atoms with van der Waals surface area (Å²) in [7, 11) is -0.989. The molecule has 1 aliphatic heterocycles. The molecule has 0 saturated carbocycles. The van der Waals surface area contributed by atoms with E-state index in [2.05, 4.69) is 10.1 Å². The number of hydrogen-bond acceptors (Lipinski definition) is 5. The molecule has 0 saturated heterocycles. The Morgan fingerprint density at radius 2 is 2.24 bits per heavy atom. The lowest BCUT2D eigenvalue weighted by Gasteiger charge is -2.23. The molecule has 0 bridgehead atoms. The normalized spacial score (nSPS) is 13.1. The highest BCUT2D eigenvalue weighted by Crippen LogP contribution is 2.33. The summed E-state index contributed by atoms with van der Waals surface area (Å²) in [5, 5.41) is 23.5. The number of nitrogens with two attached hydrogens (primary N) is 2. The largest absolute Gasteiger partial charge is 0.535 e. The Hall–Kier alpha value is -3.01. The molecule has 0 aliphatic carbocycles. The summed E-state index contributed by atoms with van der Waals surface area (Å²) >= 11 is 0. The summed E-state index contributed by atoms with van der Waals surface area (Å²) in [4.78, 5) is 15.6. The van der Waals surface area contributed by atoms with Crippen LogP contribution >= 0.6 is 0 Å². The summed E-state index contributed by atoms with van der Waals surface area (Å²) in [6, 6.07) is 3.58. The van der Waals surface area contributed by atoms with E-state index in [4.69, 9.17) is 16.1 Å². The van der Waals surface area contributed by atoms with E-state index >= 15 is 0 Å². The maximum absolute atomic E-state index is 11.7. The fourth-order valence-corrected chi connectivity index (χ4v) is 2.77. The van der Waals surface area contributed by atoms with Gasteiger partial charge in [-0.1, -0.05) is 12.1 Å². The molecular weight excluding hydrogens is 325 g/mol. The average molecular weight is 343 g/mol. The van der Waals surface area contributed by atoms with Crippen LogP contribution in [0.5, 0.6) is 5.75 Å². The Bertz CT molecular complexity index is 831. The molecule has 6 N–H and O–H groups in total. The Labute approximate surface area is 144 Å². The summed E-state index contributed by atoms with van der Waals surface area (Å²) in [6.07, 6.45) is 4.37. The average Bonchev–Trinajstić information content (AvgIpc) is 2.99. The van der Waals surface area contributed by atoms with Crippen LogP contribution in [0.4, 0.5) is 0 Å². The first-order chi connectivity index (χ1) is 11.9. The predicted molar refractivity (Wildman–Crippen MR) is 91.4 cm³/mol. The number of rotatable bonds is 5. The van der Waals surface area contributed by atoms with Gasteiger partial charge in [0.15, 0.2) is 5.96 Å². The minimum Gasteiger partial charge on any atom is -0.535 e. The topological polar surface area (TPSA) is 149 Å². The lowest BCUT2D eigenvalue weighted by Crippen LogP contribution is -2.28. The molecule has 0 radical (unpaired) electrons.